The van der Waals surface area contributed by atoms with Crippen LogP contribution in [0.25, 0.3) is 0 Å². The largest absolute Gasteiger partial charge is 0.378 e. The van der Waals surface area contributed by atoms with Gasteiger partial charge in [0.2, 0.25) is 0 Å². The van der Waals surface area contributed by atoms with Crippen LogP contribution in [0.1, 0.15) is 34.3 Å². The Balaban J connectivity index is 6.74. The Labute approximate surface area is 78.7 Å². The summed E-state index contributed by atoms with van der Waals surface area (Å²) in [6, 6.07) is -2.59. The molecule has 0 atom stereocenters. The maximum Gasteiger partial charge on any atom is 0.0814 e. The van der Waals surface area contributed by atoms with E-state index in [9.17, 15) is 0 Å². The molecule has 0 amide bonds. The summed E-state index contributed by atoms with van der Waals surface area (Å²) in [5, 5.41) is 0. The van der Waals surface area contributed by atoms with Gasteiger partial charge in [0.15, 0.2) is 0 Å². The van der Waals surface area contributed by atoms with Crippen LogP contribution >= 0.6 is 0 Å². The molecule has 0 rings (SSSR count). The quantitative estimate of drug-likeness (QED) is 0.540. The lowest BCUT2D eigenvalue weighted by molar-refractivity contribution is 0.419. The van der Waals surface area contributed by atoms with E-state index in [0.29, 0.717) is 0 Å². The van der Waals surface area contributed by atoms with Gasteiger partial charge in [-0.2, -0.15) is 0 Å². The Morgan fingerprint density at radius 2 is 2.67 bits per heavy atom. The second kappa shape index (κ2) is 5.42. The van der Waals surface area contributed by atoms with Crippen molar-refractivity contribution in [3.05, 3.63) is 24.8 Å². The summed E-state index contributed by atoms with van der Waals surface area (Å²) in [7, 11) is 0. The van der Waals surface area contributed by atoms with Crippen LogP contribution in [-0.4, -0.2) is 17.9 Å². The van der Waals surface area contributed by atoms with Crippen molar-refractivity contribution in [1.82, 2.24) is 4.90 Å². The fourth-order valence-corrected chi connectivity index (χ4v) is 0.168. The average Bonchev–Trinajstić information content (AvgIpc) is 2.33. The van der Waals surface area contributed by atoms with Crippen molar-refractivity contribution in [2.24, 2.45) is 0 Å². The molecule has 0 aromatic carbocycles. The molecule has 52 valence electrons. The topological polar surface area (TPSA) is 3.24 Å². The van der Waals surface area contributed by atoms with E-state index >= 15 is 0 Å². The first-order valence-electron chi connectivity index (χ1n) is 9.42. The first-order chi connectivity index (χ1) is 10.3. The van der Waals surface area contributed by atoms with Crippen LogP contribution in [0.15, 0.2) is 24.8 Å². The Morgan fingerprint density at radius 3 is 3.22 bits per heavy atom. The second-order valence-corrected chi connectivity index (χ2v) is 0.921. The lowest BCUT2D eigenvalue weighted by Crippen LogP contribution is -2.14. The molecule has 0 fully saturated rings. The van der Waals surface area contributed by atoms with Gasteiger partial charge in [0.25, 0.3) is 0 Å². The Bertz CT molecular complexity index is 505. The molecule has 0 aromatic rings. The molecule has 0 aromatic heterocycles. The number of rotatable bonds is 4. The van der Waals surface area contributed by atoms with Crippen molar-refractivity contribution in [3.63, 3.8) is 0 Å². The minimum Gasteiger partial charge on any atom is -0.378 e. The fourth-order valence-electron chi connectivity index (χ4n) is 0.168. The number of hydrogen-bond donors (Lipinski definition) is 0. The summed E-state index contributed by atoms with van der Waals surface area (Å²) in [5.41, 5.74) is 0. The van der Waals surface area contributed by atoms with Gasteiger partial charge in [0.05, 0.1) is 6.85 Å². The van der Waals surface area contributed by atoms with Crippen molar-refractivity contribution in [2.75, 3.05) is 13.0 Å². The van der Waals surface area contributed by atoms with E-state index in [-0.39, 0.29) is 0 Å². The Kier molecular flexibility index (Phi) is 0.532. The third-order valence-electron chi connectivity index (χ3n) is 0.454. The zero-order valence-corrected chi connectivity index (χ0v) is 4.45. The van der Waals surface area contributed by atoms with Crippen molar-refractivity contribution in [1.29, 1.82) is 0 Å². The molecule has 1 nitrogen and oxygen atoms in total. The van der Waals surface area contributed by atoms with Crippen LogP contribution < -0.4 is 0 Å². The van der Waals surface area contributed by atoms with E-state index in [0.717, 1.165) is 0 Å². The first kappa shape index (κ1) is 0.884. The third-order valence-corrected chi connectivity index (χ3v) is 0.454. The molecule has 0 saturated heterocycles. The Morgan fingerprint density at radius 1 is 1.89 bits per heavy atom. The monoisotopic (exact) mass is 140 g/mol. The number of nitrogens with zero attached hydrogens (tertiary/aromatic N) is 1. The molecule has 0 spiro atoms. The molecule has 0 radical (unpaired) electrons. The molecule has 0 saturated carbocycles. The van der Waals surface area contributed by atoms with E-state index in [4.69, 9.17) is 20.6 Å². The highest BCUT2D eigenvalue weighted by molar-refractivity contribution is 4.96. The van der Waals surface area contributed by atoms with E-state index < -0.39 is 56.4 Å². The zero-order valence-electron chi connectivity index (χ0n) is 19.4. The van der Waals surface area contributed by atoms with Gasteiger partial charge in [-0.15, -0.1) is 0 Å². The van der Waals surface area contributed by atoms with E-state index in [1.54, 1.807) is 0 Å². The molecule has 0 heterocycles. The van der Waals surface area contributed by atoms with Gasteiger partial charge in [-0.3, -0.25) is 0 Å². The van der Waals surface area contributed by atoms with Crippen molar-refractivity contribution >= 4 is 0 Å². The summed E-state index contributed by atoms with van der Waals surface area (Å²) in [6.45, 7) is -15.9. The van der Waals surface area contributed by atoms with Crippen LogP contribution in [0.5, 0.6) is 0 Å². The Hall–Kier alpha value is -0.720. The summed E-state index contributed by atoms with van der Waals surface area (Å²) in [6.07, 6.45) is -1.58. The van der Waals surface area contributed by atoms with E-state index in [2.05, 4.69) is 0 Å². The first-order valence-corrected chi connectivity index (χ1v) is 1.92. The molecule has 0 N–H and O–H groups in total. The highest BCUT2D eigenvalue weighted by atomic mass is 15.1. The molecule has 0 unspecified atom stereocenters. The second-order valence-electron chi connectivity index (χ2n) is 0.921. The maximum absolute atomic E-state index is 7.65. The van der Waals surface area contributed by atoms with Crippen LogP contribution in [-0.2, 0) is 0 Å². The van der Waals surface area contributed by atoms with Gasteiger partial charge >= 0.3 is 0 Å². The predicted octanol–water partition coefficient (Wildman–Crippen LogP) is 2.03. The van der Waals surface area contributed by atoms with Crippen molar-refractivity contribution in [3.8, 4) is 0 Å². The SMILES string of the molecule is [2H]C([2H])=C([2H])/C([2H])=C(\[2H])N(C([2H])([2H])C([2H])([2H])[2H])C([2H])([2H])C([2H])([2H])[2H]. The minimum absolute atomic E-state index is 0.570. The average molecular weight is 140 g/mol. The molecular weight excluding hydrogens is 110 g/mol. The van der Waals surface area contributed by atoms with Gasteiger partial charge in [-0.1, -0.05) is 12.6 Å². The standard InChI is InChI=1S/C8H15N/c1-4-7-8-9(5-2)6-3/h4,7-8H,1,5-6H2,2-3H3/b8-7+/i1D2,2D3,3D3,4D,5D2,6D2,7D,8D. The number of hydrogen-bond acceptors (Lipinski definition) is 1. The van der Waals surface area contributed by atoms with Gasteiger partial charge in [-0.25, -0.2) is 0 Å². The molecule has 9 heavy (non-hydrogen) atoms. The van der Waals surface area contributed by atoms with Crippen LogP contribution in [0.4, 0.5) is 0 Å². The molecule has 0 bridgehead atoms. The van der Waals surface area contributed by atoms with Gasteiger partial charge in [0, 0.05) is 26.7 Å². The predicted molar refractivity (Wildman–Crippen MR) is 42.3 cm³/mol. The lowest BCUT2D eigenvalue weighted by atomic mass is 10.5. The maximum atomic E-state index is 7.65. The molecule has 0 aliphatic carbocycles. The van der Waals surface area contributed by atoms with Crippen LogP contribution in [0, 0.1) is 0 Å². The molecule has 1 heteroatoms. The van der Waals surface area contributed by atoms with Crippen LogP contribution in [0.3, 0.4) is 0 Å². The van der Waals surface area contributed by atoms with Crippen molar-refractivity contribution < 1.29 is 20.6 Å². The normalized spacial score (nSPS) is 42.0. The van der Waals surface area contributed by atoms with E-state index in [1.165, 1.54) is 0 Å². The van der Waals surface area contributed by atoms with Gasteiger partial charge in [-0.05, 0) is 25.9 Å². The molecule has 0 aliphatic rings. The van der Waals surface area contributed by atoms with Gasteiger partial charge in [0.1, 0.15) is 0 Å². The lowest BCUT2D eigenvalue weighted by Gasteiger charge is -2.13. The third kappa shape index (κ3) is 3.83. The summed E-state index contributed by atoms with van der Waals surface area (Å²) < 4.78 is 109. The molecular formula is C8H15N. The fraction of sp³-hybridized carbons (Fsp3) is 0.500. The van der Waals surface area contributed by atoms with Crippen LogP contribution in [0.2, 0.25) is 0 Å². The summed E-state index contributed by atoms with van der Waals surface area (Å²) >= 11 is 0. The highest BCUT2D eigenvalue weighted by Crippen LogP contribution is 1.87. The molecule has 0 aliphatic heterocycles. The smallest absolute Gasteiger partial charge is 0.0814 e. The van der Waals surface area contributed by atoms with Crippen molar-refractivity contribution in [2.45, 2.75) is 13.7 Å². The highest BCUT2D eigenvalue weighted by Gasteiger charge is 1.85. The van der Waals surface area contributed by atoms with E-state index in [1.807, 2.05) is 0 Å². The minimum atomic E-state index is -3.72. The summed E-state index contributed by atoms with van der Waals surface area (Å²) in [5.74, 6) is 0. The van der Waals surface area contributed by atoms with Gasteiger partial charge < -0.3 is 4.90 Å². The zero-order chi connectivity index (χ0) is 19.9. The summed E-state index contributed by atoms with van der Waals surface area (Å²) in [4.78, 5) is -0.570. The number of allylic oxidation sites excluding steroid dienone is 2.